The number of thiazole rings is 1. The van der Waals surface area contributed by atoms with E-state index in [-0.39, 0.29) is 36.2 Å². The van der Waals surface area contributed by atoms with Gasteiger partial charge in [0.05, 0.1) is 24.6 Å². The lowest BCUT2D eigenvalue weighted by Gasteiger charge is -2.31. The van der Waals surface area contributed by atoms with Crippen molar-refractivity contribution in [3.8, 4) is 0 Å². The molecule has 3 heterocycles. The molecule has 0 unspecified atom stereocenters. The number of aryl methyl sites for hydroxylation is 2. The number of amides is 1. The number of nitrogens with zero attached hydrogens (tertiary/aromatic N) is 2. The summed E-state index contributed by atoms with van der Waals surface area (Å²) in [4.78, 5) is 19.6. The Bertz CT molecular complexity index is 1200. The molecule has 0 bridgehead atoms. The van der Waals surface area contributed by atoms with Crippen molar-refractivity contribution in [2.24, 2.45) is 0 Å². The number of fused-ring (bicyclic) bond motifs is 1. The largest absolute Gasteiger partial charge is 0.342 e. The highest BCUT2D eigenvalue weighted by atomic mass is 32.1. The number of carbonyl (C=O) groups excluding carboxylic acids is 1. The number of aromatic nitrogens is 1. The molecule has 5 nitrogen and oxygen atoms in total. The van der Waals surface area contributed by atoms with Crippen LogP contribution in [0.25, 0.3) is 0 Å². The van der Waals surface area contributed by atoms with E-state index < -0.39 is 17.9 Å². The second-order valence-corrected chi connectivity index (χ2v) is 10.2. The van der Waals surface area contributed by atoms with Crippen LogP contribution in [0.2, 0.25) is 0 Å². The van der Waals surface area contributed by atoms with E-state index in [0.717, 1.165) is 46.7 Å². The molecule has 184 valence electrons. The van der Waals surface area contributed by atoms with Gasteiger partial charge in [-0.3, -0.25) is 4.79 Å². The average Bonchev–Trinajstić information content (AvgIpc) is 3.23. The Labute approximate surface area is 207 Å². The standard InChI is InChI=1S/C27H28F2N2O3S/c1-16-3-4-17(2)19(11-16)12-25(32)31-9-7-18(8-10-31)26-30-24(15-35-26)27-33-13-20-21(14-34-27)23(29)6-5-22(20)28/h3-6,11,15,18,27H,7-10,12-14H2,1-2H3. The van der Waals surface area contributed by atoms with Gasteiger partial charge in [-0.05, 0) is 49.9 Å². The Kier molecular flexibility index (Phi) is 6.95. The number of piperidine rings is 1. The van der Waals surface area contributed by atoms with Gasteiger partial charge in [-0.25, -0.2) is 13.8 Å². The molecule has 1 amide bonds. The molecule has 5 rings (SSSR count). The van der Waals surface area contributed by atoms with E-state index in [1.807, 2.05) is 24.1 Å². The van der Waals surface area contributed by atoms with Gasteiger partial charge in [0, 0.05) is 35.5 Å². The third-order valence-corrected chi connectivity index (χ3v) is 7.92. The molecule has 0 aliphatic carbocycles. The fourth-order valence-corrected chi connectivity index (χ4v) is 5.71. The van der Waals surface area contributed by atoms with Crippen LogP contribution in [0.15, 0.2) is 35.7 Å². The summed E-state index contributed by atoms with van der Waals surface area (Å²) < 4.78 is 39.7. The minimum Gasteiger partial charge on any atom is -0.342 e. The van der Waals surface area contributed by atoms with Gasteiger partial charge in [-0.2, -0.15) is 0 Å². The first-order chi connectivity index (χ1) is 16.9. The van der Waals surface area contributed by atoms with E-state index >= 15 is 0 Å². The first-order valence-electron chi connectivity index (χ1n) is 11.9. The normalized spacial score (nSPS) is 17.3. The summed E-state index contributed by atoms with van der Waals surface area (Å²) in [6, 6.07) is 8.45. The van der Waals surface area contributed by atoms with Gasteiger partial charge in [-0.15, -0.1) is 11.3 Å². The fourth-order valence-electron chi connectivity index (χ4n) is 4.72. The molecule has 1 aromatic heterocycles. The van der Waals surface area contributed by atoms with Crippen molar-refractivity contribution in [2.45, 2.75) is 58.5 Å². The number of ether oxygens (including phenoxy) is 2. The molecule has 3 aromatic rings. The summed E-state index contributed by atoms with van der Waals surface area (Å²) in [6.45, 7) is 5.35. The molecular weight excluding hydrogens is 470 g/mol. The molecule has 1 fully saturated rings. The van der Waals surface area contributed by atoms with Crippen LogP contribution in [0.3, 0.4) is 0 Å². The zero-order valence-electron chi connectivity index (χ0n) is 19.9. The fraction of sp³-hybridized carbons (Fsp3) is 0.407. The summed E-state index contributed by atoms with van der Waals surface area (Å²) >= 11 is 1.54. The number of benzene rings is 2. The molecular formula is C27H28F2N2O3S. The van der Waals surface area contributed by atoms with Gasteiger partial charge in [0.25, 0.3) is 0 Å². The molecule has 2 aliphatic heterocycles. The highest BCUT2D eigenvalue weighted by Crippen LogP contribution is 2.35. The quantitative estimate of drug-likeness (QED) is 0.461. The van der Waals surface area contributed by atoms with Crippen LogP contribution in [-0.2, 0) is 33.9 Å². The van der Waals surface area contributed by atoms with Crippen LogP contribution in [-0.4, -0.2) is 28.9 Å². The van der Waals surface area contributed by atoms with E-state index in [1.165, 1.54) is 11.3 Å². The summed E-state index contributed by atoms with van der Waals surface area (Å²) in [5.74, 6) is -0.570. The molecule has 0 spiro atoms. The molecule has 8 heteroatoms. The second-order valence-electron chi connectivity index (χ2n) is 9.31. The first-order valence-corrected chi connectivity index (χ1v) is 12.7. The van der Waals surface area contributed by atoms with Crippen LogP contribution in [0.1, 0.15) is 63.6 Å². The van der Waals surface area contributed by atoms with Crippen LogP contribution in [0, 0.1) is 25.5 Å². The van der Waals surface area contributed by atoms with Crippen molar-refractivity contribution in [1.29, 1.82) is 0 Å². The summed E-state index contributed by atoms with van der Waals surface area (Å²) in [7, 11) is 0. The van der Waals surface area contributed by atoms with Crippen molar-refractivity contribution in [3.63, 3.8) is 0 Å². The van der Waals surface area contributed by atoms with Gasteiger partial charge in [-0.1, -0.05) is 23.8 Å². The third kappa shape index (κ3) is 5.15. The van der Waals surface area contributed by atoms with E-state index in [4.69, 9.17) is 14.5 Å². The number of halogens is 2. The third-order valence-electron chi connectivity index (χ3n) is 6.90. The second kappa shape index (κ2) is 10.1. The van der Waals surface area contributed by atoms with Crippen molar-refractivity contribution >= 4 is 17.2 Å². The van der Waals surface area contributed by atoms with Crippen molar-refractivity contribution in [3.05, 3.63) is 85.9 Å². The molecule has 1 saturated heterocycles. The molecule has 0 atom stereocenters. The lowest BCUT2D eigenvalue weighted by atomic mass is 9.96. The Morgan fingerprint density at radius 1 is 1.06 bits per heavy atom. The highest BCUT2D eigenvalue weighted by molar-refractivity contribution is 7.09. The number of hydrogen-bond acceptors (Lipinski definition) is 5. The van der Waals surface area contributed by atoms with E-state index in [9.17, 15) is 13.6 Å². The molecule has 0 N–H and O–H groups in total. The SMILES string of the molecule is Cc1ccc(C)c(CC(=O)N2CCC(c3nc(C4OCc5c(F)ccc(F)c5CO4)cs3)CC2)c1. The monoisotopic (exact) mass is 498 g/mol. The topological polar surface area (TPSA) is 51.7 Å². The zero-order valence-corrected chi connectivity index (χ0v) is 20.7. The maximum absolute atomic E-state index is 14.1. The lowest BCUT2D eigenvalue weighted by Crippen LogP contribution is -2.38. The van der Waals surface area contributed by atoms with Crippen LogP contribution < -0.4 is 0 Å². The average molecular weight is 499 g/mol. The molecule has 2 aromatic carbocycles. The van der Waals surface area contributed by atoms with Gasteiger partial charge >= 0.3 is 0 Å². The minimum atomic E-state index is -0.773. The van der Waals surface area contributed by atoms with E-state index in [0.29, 0.717) is 25.2 Å². The molecule has 0 saturated carbocycles. The Balaban J connectivity index is 1.18. The van der Waals surface area contributed by atoms with Crippen LogP contribution in [0.4, 0.5) is 8.78 Å². The summed E-state index contributed by atoms with van der Waals surface area (Å²) in [6.07, 6.45) is 1.35. The van der Waals surface area contributed by atoms with Crippen molar-refractivity contribution in [2.75, 3.05) is 13.1 Å². The smallest absolute Gasteiger partial charge is 0.227 e. The van der Waals surface area contributed by atoms with Crippen molar-refractivity contribution < 1.29 is 23.0 Å². The van der Waals surface area contributed by atoms with Gasteiger partial charge in [0.2, 0.25) is 12.2 Å². The predicted molar refractivity (Wildman–Crippen MR) is 129 cm³/mol. The van der Waals surface area contributed by atoms with Gasteiger partial charge < -0.3 is 14.4 Å². The number of rotatable bonds is 4. The lowest BCUT2D eigenvalue weighted by molar-refractivity contribution is -0.155. The number of hydrogen-bond donors (Lipinski definition) is 0. The molecule has 35 heavy (non-hydrogen) atoms. The summed E-state index contributed by atoms with van der Waals surface area (Å²) in [5, 5.41) is 2.87. The minimum absolute atomic E-state index is 0.0721. The van der Waals surface area contributed by atoms with Crippen LogP contribution >= 0.6 is 11.3 Å². The Morgan fingerprint density at radius 3 is 2.37 bits per heavy atom. The molecule has 0 radical (unpaired) electrons. The molecule has 2 aliphatic rings. The Morgan fingerprint density at radius 2 is 1.71 bits per heavy atom. The number of likely N-dealkylation sites (tertiary alicyclic amines) is 1. The van der Waals surface area contributed by atoms with Gasteiger partial charge in [0.15, 0.2) is 0 Å². The maximum atomic E-state index is 14.1. The number of carbonyl (C=O) groups is 1. The predicted octanol–water partition coefficient (Wildman–Crippen LogP) is 5.73. The van der Waals surface area contributed by atoms with E-state index in [2.05, 4.69) is 18.2 Å². The Hall–Kier alpha value is -2.68. The summed E-state index contributed by atoms with van der Waals surface area (Å²) in [5.41, 5.74) is 4.41. The first kappa shape index (κ1) is 24.0. The van der Waals surface area contributed by atoms with Crippen LogP contribution in [0.5, 0.6) is 0 Å². The van der Waals surface area contributed by atoms with E-state index in [1.54, 1.807) is 0 Å². The zero-order chi connectivity index (χ0) is 24.5. The highest BCUT2D eigenvalue weighted by Gasteiger charge is 2.29. The van der Waals surface area contributed by atoms with Crippen molar-refractivity contribution in [1.82, 2.24) is 9.88 Å². The van der Waals surface area contributed by atoms with Gasteiger partial charge in [0.1, 0.15) is 17.3 Å². The maximum Gasteiger partial charge on any atom is 0.227 e.